The number of nitrogens with one attached hydrogen (secondary N) is 1. The van der Waals surface area contributed by atoms with Crippen molar-refractivity contribution in [1.29, 1.82) is 0 Å². The highest BCUT2D eigenvalue weighted by Gasteiger charge is 2.13. The van der Waals surface area contributed by atoms with Crippen molar-refractivity contribution in [2.75, 3.05) is 19.6 Å². The summed E-state index contributed by atoms with van der Waals surface area (Å²) in [6.45, 7) is 6.81. The van der Waals surface area contributed by atoms with Gasteiger partial charge in [-0.2, -0.15) is 0 Å². The van der Waals surface area contributed by atoms with Gasteiger partial charge in [0.05, 0.1) is 0 Å². The number of aromatic nitrogens is 1. The van der Waals surface area contributed by atoms with Crippen molar-refractivity contribution in [3.8, 4) is 0 Å². The van der Waals surface area contributed by atoms with E-state index in [0.29, 0.717) is 0 Å². The van der Waals surface area contributed by atoms with Crippen LogP contribution < -0.4 is 5.32 Å². The van der Waals surface area contributed by atoms with Gasteiger partial charge in [-0.25, -0.2) is 0 Å². The number of rotatable bonds is 6. The summed E-state index contributed by atoms with van der Waals surface area (Å²) in [4.78, 5) is 6.59. The van der Waals surface area contributed by atoms with Crippen LogP contribution >= 0.6 is 0 Å². The molecule has 1 fully saturated rings. The Bertz CT molecular complexity index is 320. The van der Waals surface area contributed by atoms with E-state index in [0.717, 1.165) is 19.1 Å². The van der Waals surface area contributed by atoms with Gasteiger partial charge in [0.25, 0.3) is 0 Å². The highest BCUT2D eigenvalue weighted by Crippen LogP contribution is 2.11. The van der Waals surface area contributed by atoms with Crippen LogP contribution in [0.4, 0.5) is 0 Å². The van der Waals surface area contributed by atoms with Gasteiger partial charge in [-0.15, -0.1) is 0 Å². The third-order valence-corrected chi connectivity index (χ3v) is 3.81. The van der Waals surface area contributed by atoms with Gasteiger partial charge in [-0.3, -0.25) is 9.88 Å². The van der Waals surface area contributed by atoms with Gasteiger partial charge in [0.2, 0.25) is 0 Å². The molecule has 18 heavy (non-hydrogen) atoms. The fourth-order valence-corrected chi connectivity index (χ4v) is 2.60. The lowest BCUT2D eigenvalue weighted by Gasteiger charge is -2.27. The lowest BCUT2D eigenvalue weighted by molar-refractivity contribution is 0.249. The van der Waals surface area contributed by atoms with Gasteiger partial charge in [-0.05, 0) is 56.6 Å². The Kier molecular flexibility index (Phi) is 5.62. The molecule has 0 amide bonds. The predicted octanol–water partition coefficient (Wildman–Crippen LogP) is 2.44. The molecule has 1 N–H and O–H groups in total. The van der Waals surface area contributed by atoms with Gasteiger partial charge in [0.1, 0.15) is 0 Å². The second kappa shape index (κ2) is 7.49. The largest absolute Gasteiger partial charge is 0.314 e. The summed E-state index contributed by atoms with van der Waals surface area (Å²) in [5, 5.41) is 3.63. The van der Waals surface area contributed by atoms with E-state index in [1.165, 1.54) is 44.3 Å². The zero-order valence-corrected chi connectivity index (χ0v) is 11.4. The fourth-order valence-electron chi connectivity index (χ4n) is 2.60. The fraction of sp³-hybridized carbons (Fsp3) is 0.667. The van der Waals surface area contributed by atoms with Crippen LogP contribution in [0, 0.1) is 0 Å². The molecule has 1 saturated heterocycles. The number of hydrogen-bond donors (Lipinski definition) is 1. The normalized spacial score (nSPS) is 20.2. The SMILES string of the molecule is CCN(CCC1CCCCN1)Cc1ccncc1. The summed E-state index contributed by atoms with van der Waals surface area (Å²) in [5.74, 6) is 0. The van der Waals surface area contributed by atoms with Crippen molar-refractivity contribution >= 4 is 0 Å². The number of pyridine rings is 1. The van der Waals surface area contributed by atoms with E-state index in [4.69, 9.17) is 0 Å². The Balaban J connectivity index is 1.75. The molecule has 1 aromatic heterocycles. The summed E-state index contributed by atoms with van der Waals surface area (Å²) in [6.07, 6.45) is 9.14. The molecule has 100 valence electrons. The van der Waals surface area contributed by atoms with Crippen LogP contribution in [-0.4, -0.2) is 35.6 Å². The Labute approximate surface area is 111 Å². The molecule has 2 rings (SSSR count). The average molecular weight is 247 g/mol. The van der Waals surface area contributed by atoms with Crippen LogP contribution in [0.2, 0.25) is 0 Å². The first-order chi connectivity index (χ1) is 8.88. The molecule has 2 heterocycles. The lowest BCUT2D eigenvalue weighted by Crippen LogP contribution is -2.37. The Morgan fingerprint density at radius 3 is 2.83 bits per heavy atom. The van der Waals surface area contributed by atoms with E-state index < -0.39 is 0 Å². The van der Waals surface area contributed by atoms with E-state index >= 15 is 0 Å². The topological polar surface area (TPSA) is 28.2 Å². The van der Waals surface area contributed by atoms with E-state index in [1.54, 1.807) is 0 Å². The Morgan fingerprint density at radius 2 is 2.17 bits per heavy atom. The summed E-state index contributed by atoms with van der Waals surface area (Å²) in [5.41, 5.74) is 1.36. The monoisotopic (exact) mass is 247 g/mol. The zero-order chi connectivity index (χ0) is 12.6. The van der Waals surface area contributed by atoms with Crippen molar-refractivity contribution in [1.82, 2.24) is 15.2 Å². The molecule has 0 radical (unpaired) electrons. The molecule has 0 spiro atoms. The van der Waals surface area contributed by atoms with Crippen LogP contribution in [0.15, 0.2) is 24.5 Å². The first-order valence-electron chi connectivity index (χ1n) is 7.23. The lowest BCUT2D eigenvalue weighted by atomic mass is 10.0. The van der Waals surface area contributed by atoms with Gasteiger partial charge < -0.3 is 5.32 Å². The molecule has 1 unspecified atom stereocenters. The van der Waals surface area contributed by atoms with Crippen molar-refractivity contribution < 1.29 is 0 Å². The highest BCUT2D eigenvalue weighted by molar-refractivity contribution is 5.09. The highest BCUT2D eigenvalue weighted by atomic mass is 15.1. The van der Waals surface area contributed by atoms with Gasteiger partial charge in [-0.1, -0.05) is 13.3 Å². The summed E-state index contributed by atoms with van der Waals surface area (Å²) in [7, 11) is 0. The molecule has 0 aromatic carbocycles. The first kappa shape index (κ1) is 13.5. The van der Waals surface area contributed by atoms with Crippen molar-refractivity contribution in [2.45, 2.75) is 45.2 Å². The van der Waals surface area contributed by atoms with E-state index in [-0.39, 0.29) is 0 Å². The maximum Gasteiger partial charge on any atom is 0.0271 e. The van der Waals surface area contributed by atoms with Crippen molar-refractivity contribution in [3.63, 3.8) is 0 Å². The number of piperidine rings is 1. The van der Waals surface area contributed by atoms with E-state index in [9.17, 15) is 0 Å². The molecular formula is C15H25N3. The summed E-state index contributed by atoms with van der Waals surface area (Å²) < 4.78 is 0. The minimum Gasteiger partial charge on any atom is -0.314 e. The summed E-state index contributed by atoms with van der Waals surface area (Å²) >= 11 is 0. The molecule has 1 aliphatic rings. The Hall–Kier alpha value is -0.930. The van der Waals surface area contributed by atoms with Crippen LogP contribution in [0.3, 0.4) is 0 Å². The maximum absolute atomic E-state index is 4.07. The van der Waals surface area contributed by atoms with Crippen LogP contribution in [0.25, 0.3) is 0 Å². The third-order valence-electron chi connectivity index (χ3n) is 3.81. The molecule has 1 atom stereocenters. The van der Waals surface area contributed by atoms with Gasteiger partial charge >= 0.3 is 0 Å². The Morgan fingerprint density at radius 1 is 1.33 bits per heavy atom. The third kappa shape index (κ3) is 4.39. The molecule has 1 aliphatic heterocycles. The smallest absolute Gasteiger partial charge is 0.0271 e. The predicted molar refractivity (Wildman–Crippen MR) is 75.4 cm³/mol. The zero-order valence-electron chi connectivity index (χ0n) is 11.4. The second-order valence-electron chi connectivity index (χ2n) is 5.16. The molecule has 0 saturated carbocycles. The quantitative estimate of drug-likeness (QED) is 0.837. The van der Waals surface area contributed by atoms with Gasteiger partial charge in [0, 0.05) is 25.0 Å². The second-order valence-corrected chi connectivity index (χ2v) is 5.16. The first-order valence-corrected chi connectivity index (χ1v) is 7.23. The maximum atomic E-state index is 4.07. The van der Waals surface area contributed by atoms with Crippen molar-refractivity contribution in [3.05, 3.63) is 30.1 Å². The van der Waals surface area contributed by atoms with Crippen LogP contribution in [0.1, 0.15) is 38.2 Å². The average Bonchev–Trinajstić information content (AvgIpc) is 2.45. The minimum atomic E-state index is 0.741. The number of nitrogens with zero attached hydrogens (tertiary/aromatic N) is 2. The van der Waals surface area contributed by atoms with E-state index in [2.05, 4.69) is 34.3 Å². The van der Waals surface area contributed by atoms with Gasteiger partial charge in [0.15, 0.2) is 0 Å². The molecule has 0 bridgehead atoms. The standard InChI is InChI=1S/C15H25N3/c1-2-18(13-14-6-10-16-11-7-14)12-8-15-5-3-4-9-17-15/h6-7,10-11,15,17H,2-5,8-9,12-13H2,1H3. The van der Waals surface area contributed by atoms with Crippen LogP contribution in [-0.2, 0) is 6.54 Å². The van der Waals surface area contributed by atoms with Crippen LogP contribution in [0.5, 0.6) is 0 Å². The summed E-state index contributed by atoms with van der Waals surface area (Å²) in [6, 6.07) is 4.97. The molecule has 3 nitrogen and oxygen atoms in total. The molecular weight excluding hydrogens is 222 g/mol. The number of hydrogen-bond acceptors (Lipinski definition) is 3. The van der Waals surface area contributed by atoms with E-state index in [1.807, 2.05) is 12.4 Å². The minimum absolute atomic E-state index is 0.741. The molecule has 1 aromatic rings. The molecule has 3 heteroatoms. The van der Waals surface area contributed by atoms with Crippen molar-refractivity contribution in [2.24, 2.45) is 0 Å². The molecule has 0 aliphatic carbocycles.